The molecule has 0 aliphatic carbocycles. The second-order valence-corrected chi connectivity index (χ2v) is 4.41. The molecule has 22 heavy (non-hydrogen) atoms. The molecule has 5 nitrogen and oxygen atoms in total. The van der Waals surface area contributed by atoms with Crippen molar-refractivity contribution in [2.45, 2.75) is 0 Å². The maximum Gasteiger partial charge on any atom is 0.418 e. The van der Waals surface area contributed by atoms with E-state index in [9.17, 15) is 9.18 Å². The van der Waals surface area contributed by atoms with Crippen LogP contribution >= 0.6 is 0 Å². The zero-order chi connectivity index (χ0) is 15.4. The Bertz CT molecular complexity index is 770. The van der Waals surface area contributed by atoms with Gasteiger partial charge in [0.15, 0.2) is 11.6 Å². The van der Waals surface area contributed by atoms with Crippen LogP contribution in [-0.2, 0) is 0 Å². The average Bonchev–Trinajstić information content (AvgIpc) is 2.97. The van der Waals surface area contributed by atoms with E-state index in [0.717, 1.165) is 0 Å². The van der Waals surface area contributed by atoms with E-state index >= 15 is 0 Å². The van der Waals surface area contributed by atoms with Gasteiger partial charge in [-0.2, -0.15) is 0 Å². The van der Waals surface area contributed by atoms with Crippen LogP contribution in [0.5, 0.6) is 5.75 Å². The number of hydrogen-bond donors (Lipinski definition) is 1. The van der Waals surface area contributed by atoms with Crippen molar-refractivity contribution in [3.05, 3.63) is 66.5 Å². The molecule has 0 atom stereocenters. The van der Waals surface area contributed by atoms with Crippen molar-refractivity contribution in [2.75, 3.05) is 5.32 Å². The van der Waals surface area contributed by atoms with Crippen molar-refractivity contribution in [2.24, 2.45) is 0 Å². The van der Waals surface area contributed by atoms with Crippen molar-refractivity contribution in [3.63, 3.8) is 0 Å². The monoisotopic (exact) mass is 298 g/mol. The highest BCUT2D eigenvalue weighted by molar-refractivity contribution is 5.85. The number of para-hydroxylation sites is 1. The van der Waals surface area contributed by atoms with Crippen LogP contribution < -0.4 is 10.1 Å². The first-order valence-corrected chi connectivity index (χ1v) is 6.47. The van der Waals surface area contributed by atoms with Gasteiger partial charge in [-0.3, -0.25) is 5.32 Å². The number of nitrogens with one attached hydrogen (secondary N) is 1. The fourth-order valence-corrected chi connectivity index (χ4v) is 1.81. The Morgan fingerprint density at radius 1 is 1.09 bits per heavy atom. The molecule has 6 heteroatoms. The zero-order valence-electron chi connectivity index (χ0n) is 11.3. The lowest BCUT2D eigenvalue weighted by atomic mass is 10.2. The van der Waals surface area contributed by atoms with Crippen LogP contribution in [0.1, 0.15) is 0 Å². The molecule has 0 saturated carbocycles. The molecule has 1 aromatic heterocycles. The van der Waals surface area contributed by atoms with E-state index in [2.05, 4.69) is 10.5 Å². The third-order valence-electron chi connectivity index (χ3n) is 2.82. The van der Waals surface area contributed by atoms with Gasteiger partial charge in [-0.25, -0.2) is 9.18 Å². The Kier molecular flexibility index (Phi) is 3.82. The van der Waals surface area contributed by atoms with E-state index < -0.39 is 6.09 Å². The molecule has 0 aliphatic heterocycles. The van der Waals surface area contributed by atoms with Gasteiger partial charge in [0.2, 0.25) is 0 Å². The minimum absolute atomic E-state index is 0.209. The lowest BCUT2D eigenvalue weighted by molar-refractivity contribution is 0.215. The van der Waals surface area contributed by atoms with Crippen LogP contribution in [0.2, 0.25) is 0 Å². The number of benzene rings is 2. The molecule has 0 saturated heterocycles. The molecular formula is C16H11FN2O3. The largest absolute Gasteiger partial charge is 0.418 e. The lowest BCUT2D eigenvalue weighted by Gasteiger charge is -2.02. The van der Waals surface area contributed by atoms with Gasteiger partial charge in [-0.1, -0.05) is 23.4 Å². The highest BCUT2D eigenvalue weighted by Gasteiger charge is 2.11. The maximum atomic E-state index is 12.9. The van der Waals surface area contributed by atoms with Crippen molar-refractivity contribution in [1.29, 1.82) is 0 Å². The van der Waals surface area contributed by atoms with Crippen LogP contribution in [-0.4, -0.2) is 11.2 Å². The fraction of sp³-hybridized carbons (Fsp3) is 0. The van der Waals surface area contributed by atoms with Crippen molar-refractivity contribution in [3.8, 4) is 17.1 Å². The number of hydrogen-bond acceptors (Lipinski definition) is 4. The Balaban J connectivity index is 1.66. The first kappa shape index (κ1) is 13.8. The molecule has 1 heterocycles. The van der Waals surface area contributed by atoms with E-state index in [1.54, 1.807) is 36.4 Å². The van der Waals surface area contributed by atoms with Gasteiger partial charge in [-0.05, 0) is 36.4 Å². The number of halogens is 1. The fourth-order valence-electron chi connectivity index (χ4n) is 1.81. The van der Waals surface area contributed by atoms with Gasteiger partial charge >= 0.3 is 6.09 Å². The molecule has 110 valence electrons. The summed E-state index contributed by atoms with van der Waals surface area (Å²) < 4.78 is 23.0. The lowest BCUT2D eigenvalue weighted by Crippen LogP contribution is -2.16. The van der Waals surface area contributed by atoms with Crippen LogP contribution in [0.3, 0.4) is 0 Å². The Morgan fingerprint density at radius 2 is 1.82 bits per heavy atom. The standard InChI is InChI=1S/C16H11FN2O3/c17-12-8-6-11(7-9-12)14-10-15(19-22-14)18-16(20)21-13-4-2-1-3-5-13/h1-10H,(H,18,19,20). The quantitative estimate of drug-likeness (QED) is 0.791. The van der Waals surface area contributed by atoms with Gasteiger partial charge < -0.3 is 9.26 Å². The summed E-state index contributed by atoms with van der Waals surface area (Å²) >= 11 is 0. The van der Waals surface area contributed by atoms with Gasteiger partial charge in [0.05, 0.1) is 0 Å². The average molecular weight is 298 g/mol. The second kappa shape index (κ2) is 6.09. The summed E-state index contributed by atoms with van der Waals surface area (Å²) in [5.74, 6) is 0.700. The first-order valence-electron chi connectivity index (χ1n) is 6.47. The predicted molar refractivity (Wildman–Crippen MR) is 78.0 cm³/mol. The molecule has 0 radical (unpaired) electrons. The van der Waals surface area contributed by atoms with Crippen molar-refractivity contribution >= 4 is 11.9 Å². The molecule has 0 aliphatic rings. The SMILES string of the molecule is O=C(Nc1cc(-c2ccc(F)cc2)on1)Oc1ccccc1. The summed E-state index contributed by atoms with van der Waals surface area (Å²) in [6.45, 7) is 0. The van der Waals surface area contributed by atoms with E-state index in [-0.39, 0.29) is 11.6 Å². The molecule has 0 spiro atoms. The highest BCUT2D eigenvalue weighted by atomic mass is 19.1. The summed E-state index contributed by atoms with van der Waals surface area (Å²) in [5, 5.41) is 6.17. The third-order valence-corrected chi connectivity index (χ3v) is 2.82. The van der Waals surface area contributed by atoms with E-state index in [4.69, 9.17) is 9.26 Å². The molecule has 2 aromatic carbocycles. The van der Waals surface area contributed by atoms with Crippen LogP contribution in [0.15, 0.2) is 65.2 Å². The third kappa shape index (κ3) is 3.29. The topological polar surface area (TPSA) is 64.4 Å². The zero-order valence-corrected chi connectivity index (χ0v) is 11.3. The van der Waals surface area contributed by atoms with Gasteiger partial charge in [0, 0.05) is 11.6 Å². The number of ether oxygens (including phenoxy) is 1. The molecule has 3 rings (SSSR count). The molecule has 0 fully saturated rings. The smallest absolute Gasteiger partial charge is 0.410 e. The number of aromatic nitrogens is 1. The molecular weight excluding hydrogens is 287 g/mol. The summed E-state index contributed by atoms with van der Waals surface area (Å²) in [4.78, 5) is 11.7. The maximum absolute atomic E-state index is 12.9. The normalized spacial score (nSPS) is 10.2. The number of carbonyl (C=O) groups excluding carboxylic acids is 1. The van der Waals surface area contributed by atoms with Crippen molar-refractivity contribution < 1.29 is 18.4 Å². The van der Waals surface area contributed by atoms with E-state index in [0.29, 0.717) is 17.1 Å². The number of carbonyl (C=O) groups is 1. The number of anilines is 1. The Labute approximate surface area is 125 Å². The van der Waals surface area contributed by atoms with Crippen molar-refractivity contribution in [1.82, 2.24) is 5.16 Å². The molecule has 3 aromatic rings. The Hall–Kier alpha value is -3.15. The number of rotatable bonds is 3. The van der Waals surface area contributed by atoms with E-state index in [1.807, 2.05) is 6.07 Å². The molecule has 1 amide bonds. The van der Waals surface area contributed by atoms with Crippen LogP contribution in [0.4, 0.5) is 15.0 Å². The number of amides is 1. The first-order chi connectivity index (χ1) is 10.7. The minimum Gasteiger partial charge on any atom is -0.410 e. The minimum atomic E-state index is -0.676. The number of nitrogens with zero attached hydrogens (tertiary/aromatic N) is 1. The molecule has 1 N–H and O–H groups in total. The van der Waals surface area contributed by atoms with Crippen LogP contribution in [0, 0.1) is 5.82 Å². The van der Waals surface area contributed by atoms with E-state index in [1.165, 1.54) is 18.2 Å². The van der Waals surface area contributed by atoms with Crippen LogP contribution in [0.25, 0.3) is 11.3 Å². The molecule has 0 unspecified atom stereocenters. The summed E-state index contributed by atoms with van der Waals surface area (Å²) in [6.07, 6.45) is -0.676. The summed E-state index contributed by atoms with van der Waals surface area (Å²) in [6, 6.07) is 15.9. The summed E-state index contributed by atoms with van der Waals surface area (Å²) in [5.41, 5.74) is 0.651. The molecule has 0 bridgehead atoms. The van der Waals surface area contributed by atoms with Gasteiger partial charge in [0.25, 0.3) is 0 Å². The predicted octanol–water partition coefficient (Wildman–Crippen LogP) is 4.09. The highest BCUT2D eigenvalue weighted by Crippen LogP contribution is 2.22. The Morgan fingerprint density at radius 3 is 2.55 bits per heavy atom. The second-order valence-electron chi connectivity index (χ2n) is 4.41. The van der Waals surface area contributed by atoms with Gasteiger partial charge in [0.1, 0.15) is 11.6 Å². The summed E-state index contributed by atoms with van der Waals surface area (Å²) in [7, 11) is 0. The van der Waals surface area contributed by atoms with Gasteiger partial charge in [-0.15, -0.1) is 0 Å².